The van der Waals surface area contributed by atoms with Crippen molar-refractivity contribution in [1.29, 1.82) is 0 Å². The minimum Gasteiger partial charge on any atom is -0.481 e. The first-order valence-corrected chi connectivity index (χ1v) is 8.44. The summed E-state index contributed by atoms with van der Waals surface area (Å²) in [5, 5.41) is 11.7. The molecule has 120 valence electrons. The molecule has 1 fully saturated rings. The Morgan fingerprint density at radius 3 is 2.62 bits per heavy atom. The van der Waals surface area contributed by atoms with Gasteiger partial charge in [-0.05, 0) is 20.3 Å². The largest absolute Gasteiger partial charge is 0.481 e. The number of rotatable bonds is 7. The minimum atomic E-state index is -0.945. The average molecular weight is 316 g/mol. The summed E-state index contributed by atoms with van der Waals surface area (Å²) in [7, 11) is 0. The van der Waals surface area contributed by atoms with Crippen LogP contribution in [0.4, 0.5) is 0 Å². The second-order valence-corrected chi connectivity index (χ2v) is 6.41. The molecule has 3 atom stereocenters. The molecule has 1 aliphatic rings. The molecule has 0 radical (unpaired) electrons. The van der Waals surface area contributed by atoms with Gasteiger partial charge in [0.05, 0.1) is 11.8 Å². The normalized spacial score (nSPS) is 20.9. The predicted molar refractivity (Wildman–Crippen MR) is 81.9 cm³/mol. The first-order valence-electron chi connectivity index (χ1n) is 7.28. The molecule has 6 nitrogen and oxygen atoms in total. The highest BCUT2D eigenvalue weighted by molar-refractivity contribution is 7.99. The Kier molecular flexibility index (Phi) is 7.01. The van der Waals surface area contributed by atoms with E-state index < -0.39 is 24.0 Å². The topological polar surface area (TPSA) is 86.7 Å². The third-order valence-corrected chi connectivity index (χ3v) is 4.77. The molecule has 1 rings (SSSR count). The van der Waals surface area contributed by atoms with Crippen LogP contribution in [0.2, 0.25) is 0 Å². The lowest BCUT2D eigenvalue weighted by atomic mass is 10.0. The van der Waals surface area contributed by atoms with Crippen LogP contribution in [0.1, 0.15) is 40.0 Å². The fraction of sp³-hybridized carbons (Fsp3) is 0.786. The molecule has 1 aliphatic heterocycles. The molecule has 0 aromatic carbocycles. The summed E-state index contributed by atoms with van der Waals surface area (Å²) in [6.07, 6.45) is 2.22. The SMILES string of the molecule is CCCCC(=O)N1CSCC1C(=O)NC(C)C(C)C(=O)O. The number of carboxylic acids is 1. The van der Waals surface area contributed by atoms with Gasteiger partial charge in [0, 0.05) is 18.2 Å². The van der Waals surface area contributed by atoms with E-state index in [9.17, 15) is 14.4 Å². The van der Waals surface area contributed by atoms with Crippen molar-refractivity contribution >= 4 is 29.5 Å². The maximum atomic E-state index is 12.3. The molecule has 0 saturated carbocycles. The van der Waals surface area contributed by atoms with E-state index in [1.165, 1.54) is 0 Å². The smallest absolute Gasteiger partial charge is 0.308 e. The fourth-order valence-electron chi connectivity index (χ4n) is 2.04. The first kappa shape index (κ1) is 17.8. The van der Waals surface area contributed by atoms with Crippen molar-refractivity contribution in [3.63, 3.8) is 0 Å². The number of nitrogens with one attached hydrogen (secondary N) is 1. The standard InChI is InChI=1S/C14H24N2O4S/c1-4-5-6-12(17)16-8-21-7-11(16)13(18)15-10(3)9(2)14(19)20/h9-11H,4-8H2,1-3H3,(H,15,18)(H,19,20). The van der Waals surface area contributed by atoms with Crippen LogP contribution in [0, 0.1) is 5.92 Å². The van der Waals surface area contributed by atoms with Gasteiger partial charge in [0.2, 0.25) is 11.8 Å². The van der Waals surface area contributed by atoms with E-state index >= 15 is 0 Å². The van der Waals surface area contributed by atoms with Crippen LogP contribution in [0.25, 0.3) is 0 Å². The van der Waals surface area contributed by atoms with Gasteiger partial charge in [0.15, 0.2) is 0 Å². The fourth-order valence-corrected chi connectivity index (χ4v) is 3.22. The Hall–Kier alpha value is -1.24. The monoisotopic (exact) mass is 316 g/mol. The average Bonchev–Trinajstić information content (AvgIpc) is 2.93. The van der Waals surface area contributed by atoms with Crippen molar-refractivity contribution in [3.8, 4) is 0 Å². The Bertz CT molecular complexity index is 402. The molecule has 0 aromatic heterocycles. The van der Waals surface area contributed by atoms with Gasteiger partial charge in [-0.3, -0.25) is 14.4 Å². The van der Waals surface area contributed by atoms with Gasteiger partial charge in [-0.1, -0.05) is 13.3 Å². The van der Waals surface area contributed by atoms with Crippen molar-refractivity contribution < 1.29 is 19.5 Å². The van der Waals surface area contributed by atoms with Crippen molar-refractivity contribution in [2.24, 2.45) is 5.92 Å². The van der Waals surface area contributed by atoms with Crippen molar-refractivity contribution in [1.82, 2.24) is 10.2 Å². The summed E-state index contributed by atoms with van der Waals surface area (Å²) in [5.74, 6) is -0.764. The predicted octanol–water partition coefficient (Wildman–Crippen LogP) is 1.30. The molecule has 2 amide bonds. The van der Waals surface area contributed by atoms with E-state index in [1.807, 2.05) is 6.92 Å². The molecule has 0 spiro atoms. The zero-order valence-electron chi connectivity index (χ0n) is 12.8. The number of amides is 2. The molecule has 1 saturated heterocycles. The zero-order chi connectivity index (χ0) is 16.0. The second-order valence-electron chi connectivity index (χ2n) is 5.41. The molecule has 3 unspecified atom stereocenters. The molecular weight excluding hydrogens is 292 g/mol. The Labute approximate surface area is 129 Å². The van der Waals surface area contributed by atoms with Crippen molar-refractivity contribution in [3.05, 3.63) is 0 Å². The maximum Gasteiger partial charge on any atom is 0.308 e. The number of aliphatic carboxylic acids is 1. The van der Waals surface area contributed by atoms with E-state index in [-0.39, 0.29) is 11.8 Å². The summed E-state index contributed by atoms with van der Waals surface area (Å²) < 4.78 is 0. The van der Waals surface area contributed by atoms with Gasteiger partial charge in [-0.25, -0.2) is 0 Å². The molecule has 21 heavy (non-hydrogen) atoms. The summed E-state index contributed by atoms with van der Waals surface area (Å²) in [6.45, 7) is 5.24. The Morgan fingerprint density at radius 1 is 1.38 bits per heavy atom. The number of carboxylic acid groups (broad SMARTS) is 1. The summed E-state index contributed by atoms with van der Waals surface area (Å²) in [6, 6.07) is -0.948. The van der Waals surface area contributed by atoms with Gasteiger partial charge < -0.3 is 15.3 Å². The Balaban J connectivity index is 2.59. The number of hydrogen-bond acceptors (Lipinski definition) is 4. The number of carbonyl (C=O) groups excluding carboxylic acids is 2. The number of hydrogen-bond donors (Lipinski definition) is 2. The third-order valence-electron chi connectivity index (χ3n) is 3.76. The third kappa shape index (κ3) is 4.91. The van der Waals surface area contributed by atoms with E-state index in [0.29, 0.717) is 18.1 Å². The number of nitrogens with zero attached hydrogens (tertiary/aromatic N) is 1. The van der Waals surface area contributed by atoms with Gasteiger partial charge in [0.1, 0.15) is 6.04 Å². The lowest BCUT2D eigenvalue weighted by Crippen LogP contribution is -2.51. The lowest BCUT2D eigenvalue weighted by molar-refractivity contribution is -0.143. The quantitative estimate of drug-likeness (QED) is 0.739. The minimum absolute atomic E-state index is 0.000867. The molecule has 0 bridgehead atoms. The summed E-state index contributed by atoms with van der Waals surface area (Å²) in [5.41, 5.74) is 0. The van der Waals surface area contributed by atoms with Crippen LogP contribution < -0.4 is 5.32 Å². The van der Waals surface area contributed by atoms with Crippen LogP contribution in [0.3, 0.4) is 0 Å². The molecule has 2 N–H and O–H groups in total. The lowest BCUT2D eigenvalue weighted by Gasteiger charge is -2.26. The van der Waals surface area contributed by atoms with Crippen LogP contribution in [0.5, 0.6) is 0 Å². The summed E-state index contributed by atoms with van der Waals surface area (Å²) in [4.78, 5) is 36.9. The molecule has 0 aromatic rings. The first-order chi connectivity index (χ1) is 9.88. The van der Waals surface area contributed by atoms with Gasteiger partial charge >= 0.3 is 5.97 Å². The molecule has 0 aliphatic carbocycles. The van der Waals surface area contributed by atoms with Gasteiger partial charge in [-0.15, -0.1) is 11.8 Å². The molecule has 1 heterocycles. The number of carbonyl (C=O) groups is 3. The second kappa shape index (κ2) is 8.26. The van der Waals surface area contributed by atoms with E-state index in [1.54, 1.807) is 30.5 Å². The van der Waals surface area contributed by atoms with E-state index in [2.05, 4.69) is 5.32 Å². The molecule has 7 heteroatoms. The highest BCUT2D eigenvalue weighted by Crippen LogP contribution is 2.22. The highest BCUT2D eigenvalue weighted by Gasteiger charge is 2.35. The maximum absolute atomic E-state index is 12.3. The summed E-state index contributed by atoms with van der Waals surface area (Å²) >= 11 is 1.55. The number of unbranched alkanes of at least 4 members (excludes halogenated alkanes) is 1. The highest BCUT2D eigenvalue weighted by atomic mass is 32.2. The van der Waals surface area contributed by atoms with Gasteiger partial charge in [0.25, 0.3) is 0 Å². The van der Waals surface area contributed by atoms with Crippen molar-refractivity contribution in [2.45, 2.75) is 52.1 Å². The van der Waals surface area contributed by atoms with Crippen LogP contribution in [-0.4, -0.2) is 51.5 Å². The number of thioether (sulfide) groups is 1. The van der Waals surface area contributed by atoms with Crippen LogP contribution in [-0.2, 0) is 14.4 Å². The molecular formula is C14H24N2O4S. The van der Waals surface area contributed by atoms with E-state index in [0.717, 1.165) is 12.8 Å². The van der Waals surface area contributed by atoms with E-state index in [4.69, 9.17) is 5.11 Å². The van der Waals surface area contributed by atoms with Crippen LogP contribution >= 0.6 is 11.8 Å². The Morgan fingerprint density at radius 2 is 2.05 bits per heavy atom. The van der Waals surface area contributed by atoms with Crippen LogP contribution in [0.15, 0.2) is 0 Å². The zero-order valence-corrected chi connectivity index (χ0v) is 13.6. The van der Waals surface area contributed by atoms with Gasteiger partial charge in [-0.2, -0.15) is 0 Å². The van der Waals surface area contributed by atoms with Crippen molar-refractivity contribution in [2.75, 3.05) is 11.6 Å².